The summed E-state index contributed by atoms with van der Waals surface area (Å²) in [5.74, 6) is 0.260. The number of para-hydroxylation sites is 1. The van der Waals surface area contributed by atoms with Gasteiger partial charge in [-0.2, -0.15) is 0 Å². The molecule has 144 valence electrons. The van der Waals surface area contributed by atoms with Gasteiger partial charge in [0.05, 0.1) is 18.4 Å². The minimum atomic E-state index is -0.440. The van der Waals surface area contributed by atoms with Crippen molar-refractivity contribution in [3.63, 3.8) is 0 Å². The van der Waals surface area contributed by atoms with Gasteiger partial charge in [-0.1, -0.05) is 18.2 Å². The van der Waals surface area contributed by atoms with Gasteiger partial charge in [0.15, 0.2) is 0 Å². The average molecular weight is 368 g/mol. The highest BCUT2D eigenvalue weighted by Gasteiger charge is 2.21. The van der Waals surface area contributed by atoms with Gasteiger partial charge < -0.3 is 20.7 Å². The molecule has 0 aromatic heterocycles. The summed E-state index contributed by atoms with van der Waals surface area (Å²) in [5.41, 5.74) is 7.98. The summed E-state index contributed by atoms with van der Waals surface area (Å²) in [6.07, 6.45) is 0. The van der Waals surface area contributed by atoms with E-state index in [-0.39, 0.29) is 0 Å². The van der Waals surface area contributed by atoms with Crippen LogP contribution in [0.1, 0.15) is 17.3 Å². The molecule has 2 aromatic carbocycles. The fourth-order valence-electron chi connectivity index (χ4n) is 3.46. The predicted molar refractivity (Wildman–Crippen MR) is 110 cm³/mol. The van der Waals surface area contributed by atoms with Crippen LogP contribution in [0.5, 0.6) is 5.75 Å². The Morgan fingerprint density at radius 3 is 2.48 bits per heavy atom. The van der Waals surface area contributed by atoms with Gasteiger partial charge in [0.25, 0.3) is 5.91 Å². The highest BCUT2D eigenvalue weighted by Crippen LogP contribution is 2.23. The lowest BCUT2D eigenvalue weighted by atomic mass is 10.1. The van der Waals surface area contributed by atoms with Gasteiger partial charge in [0.2, 0.25) is 0 Å². The average Bonchev–Trinajstić information content (AvgIpc) is 2.72. The van der Waals surface area contributed by atoms with E-state index in [1.54, 1.807) is 19.2 Å². The summed E-state index contributed by atoms with van der Waals surface area (Å²) in [6.45, 7) is 6.99. The molecule has 0 radical (unpaired) electrons. The van der Waals surface area contributed by atoms with Crippen LogP contribution in [-0.4, -0.2) is 56.7 Å². The van der Waals surface area contributed by atoms with E-state index in [1.165, 1.54) is 5.69 Å². The number of methoxy groups -OCH3 is 1. The first-order chi connectivity index (χ1) is 13.1. The number of hydrogen-bond acceptors (Lipinski definition) is 5. The fourth-order valence-corrected chi connectivity index (χ4v) is 3.46. The molecule has 1 aliphatic rings. The lowest BCUT2D eigenvalue weighted by Crippen LogP contribution is -2.51. The molecule has 0 spiro atoms. The SMILES string of the molecule is COc1ccc(C(N)=O)c(NCC(C)N2CCN(c3ccccc3)CC2)c1. The van der Waals surface area contributed by atoms with Crippen LogP contribution in [0.3, 0.4) is 0 Å². The molecule has 1 aliphatic heterocycles. The number of nitrogens with zero attached hydrogens (tertiary/aromatic N) is 2. The van der Waals surface area contributed by atoms with E-state index in [0.29, 0.717) is 17.4 Å². The Hall–Kier alpha value is -2.73. The standard InChI is InChI=1S/C21H28N4O2/c1-16(15-23-20-14-18(27-2)8-9-19(20)21(22)26)24-10-12-25(13-11-24)17-6-4-3-5-7-17/h3-9,14,16,23H,10-13,15H2,1-2H3,(H2,22,26). The monoisotopic (exact) mass is 368 g/mol. The van der Waals surface area contributed by atoms with Crippen molar-refractivity contribution < 1.29 is 9.53 Å². The van der Waals surface area contributed by atoms with E-state index in [4.69, 9.17) is 10.5 Å². The van der Waals surface area contributed by atoms with Gasteiger partial charge in [-0.3, -0.25) is 9.69 Å². The smallest absolute Gasteiger partial charge is 0.250 e. The molecule has 1 saturated heterocycles. The molecular formula is C21H28N4O2. The summed E-state index contributed by atoms with van der Waals surface area (Å²) in [7, 11) is 1.61. The van der Waals surface area contributed by atoms with E-state index in [9.17, 15) is 4.79 Å². The molecule has 1 unspecified atom stereocenters. The summed E-state index contributed by atoms with van der Waals surface area (Å²) in [6, 6.07) is 16.1. The highest BCUT2D eigenvalue weighted by atomic mass is 16.5. The molecule has 6 heteroatoms. The van der Waals surface area contributed by atoms with Crippen LogP contribution in [0.4, 0.5) is 11.4 Å². The maximum absolute atomic E-state index is 11.7. The molecule has 1 heterocycles. The molecular weight excluding hydrogens is 340 g/mol. The Morgan fingerprint density at radius 2 is 1.85 bits per heavy atom. The largest absolute Gasteiger partial charge is 0.497 e. The summed E-state index contributed by atoms with van der Waals surface area (Å²) in [5, 5.41) is 3.37. The van der Waals surface area contributed by atoms with Crippen molar-refractivity contribution in [1.82, 2.24) is 4.90 Å². The van der Waals surface area contributed by atoms with Gasteiger partial charge in [-0.25, -0.2) is 0 Å². The Labute approximate surface area is 160 Å². The van der Waals surface area contributed by atoms with Crippen molar-refractivity contribution in [2.24, 2.45) is 5.73 Å². The van der Waals surface area contributed by atoms with Gasteiger partial charge in [0, 0.05) is 50.5 Å². The first-order valence-electron chi connectivity index (χ1n) is 9.34. The van der Waals surface area contributed by atoms with Crippen LogP contribution in [0, 0.1) is 0 Å². The molecule has 2 aromatic rings. The van der Waals surface area contributed by atoms with E-state index in [2.05, 4.69) is 46.3 Å². The number of rotatable bonds is 7. The number of piperazine rings is 1. The topological polar surface area (TPSA) is 70.8 Å². The molecule has 1 amide bonds. The summed E-state index contributed by atoms with van der Waals surface area (Å²) in [4.78, 5) is 16.6. The van der Waals surface area contributed by atoms with Gasteiger partial charge in [-0.15, -0.1) is 0 Å². The van der Waals surface area contributed by atoms with Crippen LogP contribution in [0.2, 0.25) is 0 Å². The third-order valence-corrected chi connectivity index (χ3v) is 5.14. The maximum atomic E-state index is 11.7. The number of primary amides is 1. The van der Waals surface area contributed by atoms with E-state index >= 15 is 0 Å². The molecule has 0 saturated carbocycles. The van der Waals surface area contributed by atoms with Crippen molar-refractivity contribution in [2.45, 2.75) is 13.0 Å². The van der Waals surface area contributed by atoms with Crippen molar-refractivity contribution >= 4 is 17.3 Å². The van der Waals surface area contributed by atoms with Crippen molar-refractivity contribution in [1.29, 1.82) is 0 Å². The summed E-state index contributed by atoms with van der Waals surface area (Å²) < 4.78 is 5.26. The van der Waals surface area contributed by atoms with Gasteiger partial charge >= 0.3 is 0 Å². The first kappa shape index (κ1) is 19.0. The maximum Gasteiger partial charge on any atom is 0.250 e. The zero-order valence-electron chi connectivity index (χ0n) is 16.0. The minimum absolute atomic E-state index is 0.342. The second-order valence-electron chi connectivity index (χ2n) is 6.86. The van der Waals surface area contributed by atoms with E-state index < -0.39 is 5.91 Å². The van der Waals surface area contributed by atoms with Crippen LogP contribution < -0.4 is 20.7 Å². The van der Waals surface area contributed by atoms with Crippen LogP contribution in [-0.2, 0) is 0 Å². The van der Waals surface area contributed by atoms with Crippen LogP contribution in [0.15, 0.2) is 48.5 Å². The molecule has 6 nitrogen and oxygen atoms in total. The Bertz CT molecular complexity index is 758. The number of hydrogen-bond donors (Lipinski definition) is 2. The third-order valence-electron chi connectivity index (χ3n) is 5.14. The van der Waals surface area contributed by atoms with Crippen LogP contribution >= 0.6 is 0 Å². The zero-order valence-corrected chi connectivity index (χ0v) is 16.0. The number of carbonyl (C=O) groups is 1. The number of ether oxygens (including phenoxy) is 1. The zero-order chi connectivity index (χ0) is 19.2. The molecule has 0 bridgehead atoms. The Balaban J connectivity index is 1.56. The molecule has 1 fully saturated rings. The van der Waals surface area contributed by atoms with Gasteiger partial charge in [0.1, 0.15) is 5.75 Å². The Morgan fingerprint density at radius 1 is 1.15 bits per heavy atom. The predicted octanol–water partition coefficient (Wildman–Crippen LogP) is 2.42. The quantitative estimate of drug-likeness (QED) is 0.785. The lowest BCUT2D eigenvalue weighted by Gasteiger charge is -2.39. The molecule has 3 N–H and O–H groups in total. The van der Waals surface area contributed by atoms with Crippen molar-refractivity contribution in [3.05, 3.63) is 54.1 Å². The molecule has 1 atom stereocenters. The second-order valence-corrected chi connectivity index (χ2v) is 6.86. The second kappa shape index (κ2) is 8.77. The molecule has 3 rings (SSSR count). The number of nitrogens with one attached hydrogen (secondary N) is 1. The normalized spacial score (nSPS) is 16.0. The fraction of sp³-hybridized carbons (Fsp3) is 0.381. The molecule has 0 aliphatic carbocycles. The van der Waals surface area contributed by atoms with E-state index in [0.717, 1.165) is 38.4 Å². The van der Waals surface area contributed by atoms with Gasteiger partial charge in [-0.05, 0) is 31.2 Å². The number of carbonyl (C=O) groups excluding carboxylic acids is 1. The van der Waals surface area contributed by atoms with Crippen molar-refractivity contribution in [2.75, 3.05) is 50.1 Å². The first-order valence-corrected chi connectivity index (χ1v) is 9.34. The molecule has 27 heavy (non-hydrogen) atoms. The summed E-state index contributed by atoms with van der Waals surface area (Å²) >= 11 is 0. The highest BCUT2D eigenvalue weighted by molar-refractivity contribution is 5.98. The number of nitrogens with two attached hydrogens (primary N) is 1. The third kappa shape index (κ3) is 4.71. The number of anilines is 2. The Kier molecular flexibility index (Phi) is 6.19. The lowest BCUT2D eigenvalue weighted by molar-refractivity contribution is 0.100. The van der Waals surface area contributed by atoms with Crippen LogP contribution in [0.25, 0.3) is 0 Å². The minimum Gasteiger partial charge on any atom is -0.497 e. The number of benzene rings is 2. The van der Waals surface area contributed by atoms with Crippen molar-refractivity contribution in [3.8, 4) is 5.75 Å². The van der Waals surface area contributed by atoms with E-state index in [1.807, 2.05) is 12.1 Å². The number of amides is 1.